The molecular weight excluding hydrogens is 248 g/mol. The first kappa shape index (κ1) is 16.1. The van der Waals surface area contributed by atoms with Crippen molar-refractivity contribution in [3.63, 3.8) is 0 Å². The van der Waals surface area contributed by atoms with Crippen molar-refractivity contribution in [3.05, 3.63) is 34.9 Å². The van der Waals surface area contributed by atoms with E-state index in [1.165, 1.54) is 0 Å². The molecule has 0 fully saturated rings. The van der Waals surface area contributed by atoms with Crippen molar-refractivity contribution >= 4 is 0 Å². The Labute approximate surface area is 114 Å². The molecule has 0 heterocycles. The highest BCUT2D eigenvalue weighted by Crippen LogP contribution is 2.24. The fraction of sp³-hybridized carbons (Fsp3) is 0.600. The van der Waals surface area contributed by atoms with E-state index in [0.717, 1.165) is 6.42 Å². The van der Waals surface area contributed by atoms with Crippen LogP contribution in [-0.4, -0.2) is 19.8 Å². The van der Waals surface area contributed by atoms with Crippen LogP contribution < -0.4 is 5.32 Å². The Morgan fingerprint density at radius 2 is 1.89 bits per heavy atom. The van der Waals surface area contributed by atoms with Gasteiger partial charge in [0, 0.05) is 24.8 Å². The van der Waals surface area contributed by atoms with Crippen LogP contribution in [0.1, 0.15) is 43.9 Å². The molecule has 0 amide bonds. The van der Waals surface area contributed by atoms with Crippen molar-refractivity contribution in [2.45, 2.75) is 39.7 Å². The van der Waals surface area contributed by atoms with Gasteiger partial charge in [0.2, 0.25) is 0 Å². The highest BCUT2D eigenvalue weighted by Gasteiger charge is 2.18. The minimum absolute atomic E-state index is 0.211. The molecule has 0 aliphatic carbocycles. The monoisotopic (exact) mass is 271 g/mol. The summed E-state index contributed by atoms with van der Waals surface area (Å²) in [5, 5.41) is 3.18. The molecule has 0 aromatic heterocycles. The molecule has 19 heavy (non-hydrogen) atoms. The lowest BCUT2D eigenvalue weighted by Crippen LogP contribution is -2.24. The molecule has 0 saturated heterocycles. The molecule has 0 aliphatic heterocycles. The fourth-order valence-electron chi connectivity index (χ4n) is 1.99. The second-order valence-electron chi connectivity index (χ2n) is 4.61. The van der Waals surface area contributed by atoms with Gasteiger partial charge in [-0.15, -0.1) is 0 Å². The summed E-state index contributed by atoms with van der Waals surface area (Å²) in [6.45, 7) is 7.49. The van der Waals surface area contributed by atoms with Gasteiger partial charge in [0.05, 0.1) is 0 Å². The number of hydrogen-bond acceptors (Lipinski definition) is 2. The standard InChI is InChI=1S/C15H23F2NO/c1-4-9-19-10-8-13(18-5-2)12-7-6-11(3)14(16)15(12)17/h6-7,13,18H,4-5,8-10H2,1-3H3. The third kappa shape index (κ3) is 4.55. The van der Waals surface area contributed by atoms with Crippen LogP contribution >= 0.6 is 0 Å². The number of benzene rings is 1. The molecule has 1 unspecified atom stereocenters. The number of halogens is 2. The molecule has 1 N–H and O–H groups in total. The minimum atomic E-state index is -0.755. The second-order valence-corrected chi connectivity index (χ2v) is 4.61. The van der Waals surface area contributed by atoms with E-state index < -0.39 is 11.6 Å². The van der Waals surface area contributed by atoms with Crippen LogP contribution in [0.5, 0.6) is 0 Å². The van der Waals surface area contributed by atoms with Gasteiger partial charge in [0.25, 0.3) is 0 Å². The van der Waals surface area contributed by atoms with Crippen molar-refractivity contribution in [1.82, 2.24) is 5.32 Å². The van der Waals surface area contributed by atoms with Gasteiger partial charge >= 0.3 is 0 Å². The van der Waals surface area contributed by atoms with Crippen LogP contribution in [0.3, 0.4) is 0 Å². The van der Waals surface area contributed by atoms with Crippen molar-refractivity contribution < 1.29 is 13.5 Å². The molecule has 0 bridgehead atoms. The maximum Gasteiger partial charge on any atom is 0.163 e. The summed E-state index contributed by atoms with van der Waals surface area (Å²) in [4.78, 5) is 0. The summed E-state index contributed by atoms with van der Waals surface area (Å²) < 4.78 is 33.0. The van der Waals surface area contributed by atoms with Gasteiger partial charge in [-0.3, -0.25) is 0 Å². The Hall–Kier alpha value is -1.00. The molecule has 0 spiro atoms. The maximum atomic E-state index is 14.0. The lowest BCUT2D eigenvalue weighted by atomic mass is 10.0. The molecule has 0 radical (unpaired) electrons. The van der Waals surface area contributed by atoms with Crippen molar-refractivity contribution in [2.75, 3.05) is 19.8 Å². The third-order valence-corrected chi connectivity index (χ3v) is 3.03. The van der Waals surface area contributed by atoms with E-state index in [0.29, 0.717) is 37.3 Å². The number of nitrogens with one attached hydrogen (secondary N) is 1. The Bertz CT molecular complexity index is 396. The predicted octanol–water partition coefficient (Wildman–Crippen LogP) is 3.74. The first-order valence-electron chi connectivity index (χ1n) is 6.87. The first-order valence-corrected chi connectivity index (χ1v) is 6.87. The van der Waals surface area contributed by atoms with Gasteiger partial charge in [-0.05, 0) is 31.9 Å². The van der Waals surface area contributed by atoms with Crippen LogP contribution in [0, 0.1) is 18.6 Å². The van der Waals surface area contributed by atoms with Crippen LogP contribution in [0.2, 0.25) is 0 Å². The summed E-state index contributed by atoms with van der Waals surface area (Å²) in [7, 11) is 0. The molecule has 1 aromatic carbocycles. The smallest absolute Gasteiger partial charge is 0.163 e. The molecule has 0 saturated carbocycles. The van der Waals surface area contributed by atoms with E-state index in [4.69, 9.17) is 4.74 Å². The average Bonchev–Trinajstić information content (AvgIpc) is 2.40. The molecule has 2 nitrogen and oxygen atoms in total. The maximum absolute atomic E-state index is 14.0. The molecule has 4 heteroatoms. The normalized spacial score (nSPS) is 12.7. The number of hydrogen-bond donors (Lipinski definition) is 1. The lowest BCUT2D eigenvalue weighted by Gasteiger charge is -2.19. The van der Waals surface area contributed by atoms with Gasteiger partial charge in [0.15, 0.2) is 11.6 Å². The molecule has 0 aliphatic rings. The Kier molecular flexibility index (Phi) is 6.95. The van der Waals surface area contributed by atoms with Gasteiger partial charge in [-0.1, -0.05) is 26.0 Å². The lowest BCUT2D eigenvalue weighted by molar-refractivity contribution is 0.124. The predicted molar refractivity (Wildman–Crippen MR) is 73.2 cm³/mol. The molecule has 108 valence electrons. The van der Waals surface area contributed by atoms with Crippen LogP contribution in [0.15, 0.2) is 12.1 Å². The number of aryl methyl sites for hydroxylation is 1. The summed E-state index contributed by atoms with van der Waals surface area (Å²) in [6, 6.07) is 3.06. The summed E-state index contributed by atoms with van der Waals surface area (Å²) in [5.41, 5.74) is 0.712. The third-order valence-electron chi connectivity index (χ3n) is 3.03. The zero-order valence-electron chi connectivity index (χ0n) is 11.9. The van der Waals surface area contributed by atoms with Gasteiger partial charge in [-0.2, -0.15) is 0 Å². The second kappa shape index (κ2) is 8.23. The number of rotatable bonds is 8. The first-order chi connectivity index (χ1) is 9.11. The van der Waals surface area contributed by atoms with Gasteiger partial charge in [-0.25, -0.2) is 8.78 Å². The Morgan fingerprint density at radius 1 is 1.16 bits per heavy atom. The van der Waals surface area contributed by atoms with Gasteiger partial charge in [0.1, 0.15) is 0 Å². The number of ether oxygens (including phenoxy) is 1. The summed E-state index contributed by atoms with van der Waals surface area (Å²) in [6.07, 6.45) is 1.59. The zero-order chi connectivity index (χ0) is 14.3. The quantitative estimate of drug-likeness (QED) is 0.727. The zero-order valence-corrected chi connectivity index (χ0v) is 11.9. The average molecular weight is 271 g/mol. The van der Waals surface area contributed by atoms with E-state index in [2.05, 4.69) is 5.32 Å². The van der Waals surface area contributed by atoms with E-state index in [1.54, 1.807) is 19.1 Å². The fourth-order valence-corrected chi connectivity index (χ4v) is 1.99. The largest absolute Gasteiger partial charge is 0.381 e. The van der Waals surface area contributed by atoms with Crippen LogP contribution in [-0.2, 0) is 4.74 Å². The summed E-state index contributed by atoms with van der Waals surface area (Å²) >= 11 is 0. The van der Waals surface area contributed by atoms with Crippen LogP contribution in [0.25, 0.3) is 0 Å². The van der Waals surface area contributed by atoms with Crippen molar-refractivity contribution in [2.24, 2.45) is 0 Å². The topological polar surface area (TPSA) is 21.3 Å². The molecule has 1 atom stereocenters. The molecule has 1 aromatic rings. The summed E-state index contributed by atoms with van der Waals surface area (Å²) in [5.74, 6) is -1.50. The molecule has 1 rings (SSSR count). The SMILES string of the molecule is CCCOCCC(NCC)c1ccc(C)c(F)c1F. The van der Waals surface area contributed by atoms with E-state index in [-0.39, 0.29) is 6.04 Å². The van der Waals surface area contributed by atoms with Crippen molar-refractivity contribution in [3.8, 4) is 0 Å². The highest BCUT2D eigenvalue weighted by atomic mass is 19.2. The Balaban J connectivity index is 2.78. The minimum Gasteiger partial charge on any atom is -0.381 e. The van der Waals surface area contributed by atoms with Crippen LogP contribution in [0.4, 0.5) is 8.78 Å². The van der Waals surface area contributed by atoms with Crippen molar-refractivity contribution in [1.29, 1.82) is 0 Å². The van der Waals surface area contributed by atoms with Gasteiger partial charge < -0.3 is 10.1 Å². The highest BCUT2D eigenvalue weighted by molar-refractivity contribution is 5.27. The Morgan fingerprint density at radius 3 is 2.53 bits per heavy atom. The van der Waals surface area contributed by atoms with E-state index >= 15 is 0 Å². The van der Waals surface area contributed by atoms with E-state index in [9.17, 15) is 8.78 Å². The van der Waals surface area contributed by atoms with E-state index in [1.807, 2.05) is 13.8 Å². The molecular formula is C15H23F2NO.